The van der Waals surface area contributed by atoms with Gasteiger partial charge in [0.05, 0.1) is 20.2 Å². The number of fused-ring (bicyclic) bond motifs is 1. The molecule has 4 aromatic rings. The predicted octanol–water partition coefficient (Wildman–Crippen LogP) is 1.73. The van der Waals surface area contributed by atoms with Gasteiger partial charge in [0.25, 0.3) is 5.56 Å². The lowest BCUT2D eigenvalue weighted by Gasteiger charge is -2.15. The van der Waals surface area contributed by atoms with E-state index in [4.69, 9.17) is 0 Å². The number of carbonyl (C=O) groups excluding carboxylic acids is 1. The molecular formula is C23H19N3O5. The summed E-state index contributed by atoms with van der Waals surface area (Å²) < 4.78 is 7.01. The molecule has 156 valence electrons. The summed E-state index contributed by atoms with van der Waals surface area (Å²) in [6, 6.07) is 19.2. The highest BCUT2D eigenvalue weighted by atomic mass is 16.5. The first-order valence-electron chi connectivity index (χ1n) is 9.56. The smallest absolute Gasteiger partial charge is 0.354 e. The number of benzene rings is 2. The lowest BCUT2D eigenvalue weighted by Crippen LogP contribution is -2.42. The minimum atomic E-state index is -0.772. The molecule has 0 aliphatic carbocycles. The number of hydrogen-bond donors (Lipinski definition) is 1. The summed E-state index contributed by atoms with van der Waals surface area (Å²) in [4.78, 5) is 54.1. The van der Waals surface area contributed by atoms with Gasteiger partial charge in [0, 0.05) is 6.07 Å². The van der Waals surface area contributed by atoms with Crippen LogP contribution in [0.1, 0.15) is 21.6 Å². The molecule has 0 bridgehead atoms. The van der Waals surface area contributed by atoms with Crippen molar-refractivity contribution in [2.24, 2.45) is 0 Å². The minimum Gasteiger partial charge on any atom is -0.464 e. The summed E-state index contributed by atoms with van der Waals surface area (Å²) in [6.45, 7) is 0.118. The van der Waals surface area contributed by atoms with Gasteiger partial charge in [0.15, 0.2) is 5.43 Å². The highest BCUT2D eigenvalue weighted by Gasteiger charge is 2.19. The van der Waals surface area contributed by atoms with Gasteiger partial charge in [-0.25, -0.2) is 9.59 Å². The number of aromatic nitrogens is 3. The quantitative estimate of drug-likeness (QED) is 0.498. The Morgan fingerprint density at radius 2 is 1.42 bits per heavy atom. The van der Waals surface area contributed by atoms with E-state index in [9.17, 15) is 19.2 Å². The molecule has 0 atom stereocenters. The zero-order valence-corrected chi connectivity index (χ0v) is 16.7. The normalized spacial score (nSPS) is 10.9. The molecule has 0 aliphatic heterocycles. The van der Waals surface area contributed by atoms with Crippen molar-refractivity contribution in [2.75, 3.05) is 7.11 Å². The fraction of sp³-hybridized carbons (Fsp3) is 0.130. The zero-order chi connectivity index (χ0) is 22.0. The molecular weight excluding hydrogens is 398 g/mol. The maximum atomic E-state index is 13.4. The zero-order valence-electron chi connectivity index (χ0n) is 16.7. The Labute approximate surface area is 176 Å². The van der Waals surface area contributed by atoms with Crippen molar-refractivity contribution >= 4 is 17.0 Å². The molecule has 0 aliphatic rings. The van der Waals surface area contributed by atoms with Crippen LogP contribution in [-0.2, 0) is 17.8 Å². The standard InChI is InChI=1S/C23H19N3O5/c1-31-22(29)17-12-18(27)19-20(24-17)25(13-15-8-4-2-5-9-15)23(30)26(21(19)28)14-16-10-6-3-7-11-16/h2-12H,13-14H2,1H3,(H,24,27). The van der Waals surface area contributed by atoms with Crippen LogP contribution in [0.3, 0.4) is 0 Å². The largest absolute Gasteiger partial charge is 0.464 e. The van der Waals surface area contributed by atoms with Crippen molar-refractivity contribution < 1.29 is 9.53 Å². The van der Waals surface area contributed by atoms with Gasteiger partial charge < -0.3 is 9.72 Å². The molecule has 0 saturated heterocycles. The summed E-state index contributed by atoms with van der Waals surface area (Å²) in [5.74, 6) is -0.772. The van der Waals surface area contributed by atoms with E-state index in [0.717, 1.165) is 21.8 Å². The van der Waals surface area contributed by atoms with Gasteiger partial charge in [0.1, 0.15) is 16.7 Å². The van der Waals surface area contributed by atoms with Crippen molar-refractivity contribution in [3.63, 3.8) is 0 Å². The Hall–Kier alpha value is -4.20. The van der Waals surface area contributed by atoms with Crippen LogP contribution in [-0.4, -0.2) is 27.2 Å². The minimum absolute atomic E-state index is 0.0153. The van der Waals surface area contributed by atoms with Crippen LogP contribution in [0.25, 0.3) is 11.0 Å². The van der Waals surface area contributed by atoms with Crippen LogP contribution in [0.2, 0.25) is 0 Å². The molecule has 1 N–H and O–H groups in total. The second kappa shape index (κ2) is 8.27. The number of methoxy groups -OCH3 is 1. The van der Waals surface area contributed by atoms with Crippen LogP contribution in [0, 0.1) is 0 Å². The second-order valence-electron chi connectivity index (χ2n) is 6.99. The number of aromatic amines is 1. The molecule has 8 nitrogen and oxygen atoms in total. The Balaban J connectivity index is 2.03. The lowest BCUT2D eigenvalue weighted by atomic mass is 10.2. The number of H-pyrrole nitrogens is 1. The fourth-order valence-corrected chi connectivity index (χ4v) is 3.46. The Morgan fingerprint density at radius 1 is 0.871 bits per heavy atom. The van der Waals surface area contributed by atoms with E-state index in [2.05, 4.69) is 9.72 Å². The number of pyridine rings is 1. The number of ether oxygens (including phenoxy) is 1. The number of nitrogens with zero attached hydrogens (tertiary/aromatic N) is 2. The molecule has 2 heterocycles. The Morgan fingerprint density at radius 3 is 1.97 bits per heavy atom. The van der Waals surface area contributed by atoms with E-state index in [1.807, 2.05) is 36.4 Å². The SMILES string of the molecule is COC(=O)c1cc(=O)c2c(=O)n(Cc3ccccc3)c(=O)n(Cc3ccccc3)c2[nH]1. The van der Waals surface area contributed by atoms with Gasteiger partial charge in [-0.1, -0.05) is 60.7 Å². The Bertz CT molecular complexity index is 1430. The number of carbonyl (C=O) groups is 1. The van der Waals surface area contributed by atoms with Crippen LogP contribution in [0.15, 0.2) is 81.1 Å². The highest BCUT2D eigenvalue weighted by molar-refractivity contribution is 5.90. The molecule has 2 aromatic heterocycles. The fourth-order valence-electron chi connectivity index (χ4n) is 3.46. The molecule has 0 unspecified atom stereocenters. The van der Waals surface area contributed by atoms with Gasteiger partial charge in [-0.3, -0.25) is 18.7 Å². The molecule has 2 aromatic carbocycles. The molecule has 0 fully saturated rings. The molecule has 4 rings (SSSR count). The first kappa shape index (κ1) is 20.1. The van der Waals surface area contributed by atoms with Gasteiger partial charge in [0.2, 0.25) is 0 Å². The molecule has 0 amide bonds. The van der Waals surface area contributed by atoms with E-state index < -0.39 is 22.6 Å². The third-order valence-corrected chi connectivity index (χ3v) is 4.97. The number of nitrogens with one attached hydrogen (secondary N) is 1. The summed E-state index contributed by atoms with van der Waals surface area (Å²) in [7, 11) is 1.18. The molecule has 0 spiro atoms. The van der Waals surface area contributed by atoms with E-state index in [0.29, 0.717) is 0 Å². The van der Waals surface area contributed by atoms with Crippen molar-refractivity contribution in [1.82, 2.24) is 14.1 Å². The highest BCUT2D eigenvalue weighted by Crippen LogP contribution is 2.09. The predicted molar refractivity (Wildman–Crippen MR) is 116 cm³/mol. The Kier molecular flexibility index (Phi) is 5.36. The van der Waals surface area contributed by atoms with E-state index in [1.165, 1.54) is 11.7 Å². The third-order valence-electron chi connectivity index (χ3n) is 4.97. The van der Waals surface area contributed by atoms with Crippen LogP contribution in [0.4, 0.5) is 0 Å². The molecule has 0 radical (unpaired) electrons. The van der Waals surface area contributed by atoms with Gasteiger partial charge in [-0.05, 0) is 11.1 Å². The molecule has 31 heavy (non-hydrogen) atoms. The monoisotopic (exact) mass is 417 g/mol. The first-order valence-corrected chi connectivity index (χ1v) is 9.56. The number of esters is 1. The maximum absolute atomic E-state index is 13.4. The van der Waals surface area contributed by atoms with Crippen LogP contribution in [0.5, 0.6) is 0 Å². The maximum Gasteiger partial charge on any atom is 0.354 e. The molecule has 0 saturated carbocycles. The van der Waals surface area contributed by atoms with Gasteiger partial charge in [-0.2, -0.15) is 0 Å². The lowest BCUT2D eigenvalue weighted by molar-refractivity contribution is 0.0594. The average Bonchev–Trinajstić information content (AvgIpc) is 2.79. The second-order valence-corrected chi connectivity index (χ2v) is 6.99. The van der Waals surface area contributed by atoms with Crippen LogP contribution >= 0.6 is 0 Å². The van der Waals surface area contributed by atoms with Gasteiger partial charge in [-0.15, -0.1) is 0 Å². The number of rotatable bonds is 5. The van der Waals surface area contributed by atoms with E-state index >= 15 is 0 Å². The third kappa shape index (κ3) is 3.83. The van der Waals surface area contributed by atoms with Crippen molar-refractivity contribution in [3.05, 3.63) is 115 Å². The van der Waals surface area contributed by atoms with E-state index in [-0.39, 0.29) is 29.8 Å². The molecule has 8 heteroatoms. The average molecular weight is 417 g/mol. The topological polar surface area (TPSA) is 103 Å². The summed E-state index contributed by atoms with van der Waals surface area (Å²) in [5, 5.41) is -0.195. The van der Waals surface area contributed by atoms with Crippen molar-refractivity contribution in [3.8, 4) is 0 Å². The first-order chi connectivity index (χ1) is 15.0. The summed E-state index contributed by atoms with van der Waals surface area (Å²) >= 11 is 0. The van der Waals surface area contributed by atoms with Crippen LogP contribution < -0.4 is 16.7 Å². The van der Waals surface area contributed by atoms with Gasteiger partial charge >= 0.3 is 11.7 Å². The van der Waals surface area contributed by atoms with Crippen molar-refractivity contribution in [1.29, 1.82) is 0 Å². The number of hydrogen-bond acceptors (Lipinski definition) is 5. The summed E-state index contributed by atoms with van der Waals surface area (Å²) in [6.07, 6.45) is 0. The van der Waals surface area contributed by atoms with Crippen molar-refractivity contribution in [2.45, 2.75) is 13.1 Å². The van der Waals surface area contributed by atoms with E-state index in [1.54, 1.807) is 24.3 Å². The summed E-state index contributed by atoms with van der Waals surface area (Å²) in [5.41, 5.74) is -0.594.